The SMILES string of the molecule is Cl.O=S1(=O)CC2(CCNC2)CN1CCF. The number of alkyl halides is 1. The summed E-state index contributed by atoms with van der Waals surface area (Å²) in [5.41, 5.74) is -0.145. The monoisotopic (exact) mass is 258 g/mol. The van der Waals surface area contributed by atoms with E-state index in [0.717, 1.165) is 19.5 Å². The fourth-order valence-electron chi connectivity index (χ4n) is 2.36. The Labute approximate surface area is 95.7 Å². The van der Waals surface area contributed by atoms with E-state index in [1.165, 1.54) is 4.31 Å². The van der Waals surface area contributed by atoms with Gasteiger partial charge >= 0.3 is 0 Å². The Balaban J connectivity index is 0.00000112. The van der Waals surface area contributed by atoms with Gasteiger partial charge in [0, 0.05) is 25.0 Å². The summed E-state index contributed by atoms with van der Waals surface area (Å²) < 4.78 is 36.7. The van der Waals surface area contributed by atoms with Crippen molar-refractivity contribution >= 4 is 22.4 Å². The maximum atomic E-state index is 12.1. The van der Waals surface area contributed by atoms with E-state index in [-0.39, 0.29) is 30.1 Å². The van der Waals surface area contributed by atoms with Gasteiger partial charge in [-0.05, 0) is 13.0 Å². The zero-order chi connectivity index (χ0) is 10.2. The quantitative estimate of drug-likeness (QED) is 0.759. The third kappa shape index (κ3) is 2.43. The predicted octanol–water partition coefficient (Wildman–Crippen LogP) is 0.00280. The Hall–Kier alpha value is 0.0900. The van der Waals surface area contributed by atoms with Crippen molar-refractivity contribution in [3.05, 3.63) is 0 Å². The standard InChI is InChI=1S/C8H15FN2O2S.ClH/c9-2-4-11-6-8(1-3-10-5-8)7-14(11,12)13;/h10H,1-7H2;1H. The molecule has 2 aliphatic rings. The largest absolute Gasteiger partial charge is 0.316 e. The number of hydrogen-bond donors (Lipinski definition) is 1. The number of rotatable bonds is 2. The van der Waals surface area contributed by atoms with Crippen LogP contribution >= 0.6 is 12.4 Å². The first kappa shape index (κ1) is 13.2. The van der Waals surface area contributed by atoms with Crippen LogP contribution in [0.4, 0.5) is 4.39 Å². The van der Waals surface area contributed by atoms with Crippen LogP contribution in [-0.2, 0) is 10.0 Å². The fraction of sp³-hybridized carbons (Fsp3) is 1.00. The van der Waals surface area contributed by atoms with Gasteiger partial charge in [-0.15, -0.1) is 12.4 Å². The van der Waals surface area contributed by atoms with Gasteiger partial charge in [0.2, 0.25) is 10.0 Å². The van der Waals surface area contributed by atoms with Crippen LogP contribution in [0, 0.1) is 5.41 Å². The molecule has 0 aromatic heterocycles. The van der Waals surface area contributed by atoms with E-state index >= 15 is 0 Å². The zero-order valence-corrected chi connectivity index (χ0v) is 10.0. The maximum absolute atomic E-state index is 12.1. The Kier molecular flexibility index (Phi) is 3.97. The summed E-state index contributed by atoms with van der Waals surface area (Å²) >= 11 is 0. The molecule has 0 amide bonds. The molecule has 1 atom stereocenters. The Bertz CT molecular complexity index is 317. The molecule has 0 aromatic carbocycles. The van der Waals surface area contributed by atoms with Crippen molar-refractivity contribution in [2.24, 2.45) is 5.41 Å². The van der Waals surface area contributed by atoms with Gasteiger partial charge in [-0.3, -0.25) is 0 Å². The lowest BCUT2D eigenvalue weighted by Crippen LogP contribution is -2.31. The van der Waals surface area contributed by atoms with Crippen molar-refractivity contribution in [2.45, 2.75) is 6.42 Å². The van der Waals surface area contributed by atoms with Crippen molar-refractivity contribution in [2.75, 3.05) is 38.6 Å². The van der Waals surface area contributed by atoms with E-state index in [1.54, 1.807) is 0 Å². The molecule has 0 bridgehead atoms. The van der Waals surface area contributed by atoms with E-state index < -0.39 is 16.7 Å². The summed E-state index contributed by atoms with van der Waals surface area (Å²) in [6, 6.07) is 0. The lowest BCUT2D eigenvalue weighted by Gasteiger charge is -2.19. The molecule has 2 heterocycles. The highest BCUT2D eigenvalue weighted by molar-refractivity contribution is 7.89. The van der Waals surface area contributed by atoms with Crippen LogP contribution < -0.4 is 5.32 Å². The minimum Gasteiger partial charge on any atom is -0.316 e. The third-order valence-electron chi connectivity index (χ3n) is 3.06. The Morgan fingerprint density at radius 1 is 1.47 bits per heavy atom. The fourth-order valence-corrected chi connectivity index (χ4v) is 4.47. The topological polar surface area (TPSA) is 49.4 Å². The molecule has 1 N–H and O–H groups in total. The average molecular weight is 259 g/mol. The number of halogens is 2. The first-order valence-corrected chi connectivity index (χ1v) is 6.43. The van der Waals surface area contributed by atoms with Gasteiger partial charge in [-0.1, -0.05) is 0 Å². The van der Waals surface area contributed by atoms with Gasteiger partial charge in [0.15, 0.2) is 0 Å². The van der Waals surface area contributed by atoms with Crippen molar-refractivity contribution < 1.29 is 12.8 Å². The summed E-state index contributed by atoms with van der Waals surface area (Å²) in [5, 5.41) is 3.17. The highest BCUT2D eigenvalue weighted by atomic mass is 35.5. The molecule has 0 radical (unpaired) electrons. The van der Waals surface area contributed by atoms with Crippen LogP contribution in [-0.4, -0.2) is 51.3 Å². The highest BCUT2D eigenvalue weighted by Gasteiger charge is 2.48. The second kappa shape index (κ2) is 4.53. The van der Waals surface area contributed by atoms with E-state index in [2.05, 4.69) is 5.32 Å². The molecule has 90 valence electrons. The molecule has 2 aliphatic heterocycles. The van der Waals surface area contributed by atoms with Gasteiger partial charge in [0.1, 0.15) is 6.67 Å². The second-order valence-corrected chi connectivity index (χ2v) is 6.17. The van der Waals surface area contributed by atoms with Crippen molar-refractivity contribution in [3.63, 3.8) is 0 Å². The van der Waals surface area contributed by atoms with Crippen molar-refractivity contribution in [1.29, 1.82) is 0 Å². The zero-order valence-electron chi connectivity index (χ0n) is 8.41. The first-order chi connectivity index (χ1) is 6.58. The molecule has 1 unspecified atom stereocenters. The maximum Gasteiger partial charge on any atom is 0.214 e. The summed E-state index contributed by atoms with van der Waals surface area (Å²) in [6.45, 7) is 1.53. The molecule has 4 nitrogen and oxygen atoms in total. The summed E-state index contributed by atoms with van der Waals surface area (Å²) in [5.74, 6) is 0.188. The van der Waals surface area contributed by atoms with E-state index in [0.29, 0.717) is 6.54 Å². The molecule has 7 heteroatoms. The molecule has 0 saturated carbocycles. The molecular formula is C8H16ClFN2O2S. The second-order valence-electron chi connectivity index (χ2n) is 4.21. The third-order valence-corrected chi connectivity index (χ3v) is 5.14. The molecule has 2 rings (SSSR count). The van der Waals surface area contributed by atoms with Crippen LogP contribution in [0.15, 0.2) is 0 Å². The van der Waals surface area contributed by atoms with Gasteiger partial charge in [-0.25, -0.2) is 12.8 Å². The van der Waals surface area contributed by atoms with Crippen LogP contribution in [0.5, 0.6) is 0 Å². The predicted molar refractivity (Wildman–Crippen MR) is 58.5 cm³/mol. The Morgan fingerprint density at radius 2 is 2.20 bits per heavy atom. The van der Waals surface area contributed by atoms with Gasteiger partial charge in [0.25, 0.3) is 0 Å². The van der Waals surface area contributed by atoms with Crippen molar-refractivity contribution in [3.8, 4) is 0 Å². The van der Waals surface area contributed by atoms with Gasteiger partial charge in [-0.2, -0.15) is 4.31 Å². The minimum atomic E-state index is -3.19. The normalized spacial score (nSPS) is 34.5. The van der Waals surface area contributed by atoms with Crippen LogP contribution in [0.1, 0.15) is 6.42 Å². The molecule has 0 aliphatic carbocycles. The molecular weight excluding hydrogens is 243 g/mol. The summed E-state index contributed by atoms with van der Waals surface area (Å²) in [6.07, 6.45) is 0.884. The van der Waals surface area contributed by atoms with Gasteiger partial charge < -0.3 is 5.32 Å². The number of hydrogen-bond acceptors (Lipinski definition) is 3. The molecule has 2 saturated heterocycles. The number of sulfonamides is 1. The number of nitrogens with one attached hydrogen (secondary N) is 1. The van der Waals surface area contributed by atoms with Crippen LogP contribution in [0.3, 0.4) is 0 Å². The van der Waals surface area contributed by atoms with Crippen molar-refractivity contribution in [1.82, 2.24) is 9.62 Å². The Morgan fingerprint density at radius 3 is 2.73 bits per heavy atom. The van der Waals surface area contributed by atoms with Crippen LogP contribution in [0.25, 0.3) is 0 Å². The highest BCUT2D eigenvalue weighted by Crippen LogP contribution is 2.35. The first-order valence-electron chi connectivity index (χ1n) is 4.83. The lowest BCUT2D eigenvalue weighted by molar-refractivity contribution is 0.288. The smallest absolute Gasteiger partial charge is 0.214 e. The van der Waals surface area contributed by atoms with E-state index in [9.17, 15) is 12.8 Å². The molecule has 0 aromatic rings. The number of nitrogens with zero attached hydrogens (tertiary/aromatic N) is 1. The summed E-state index contributed by atoms with van der Waals surface area (Å²) in [4.78, 5) is 0. The van der Waals surface area contributed by atoms with E-state index in [4.69, 9.17) is 0 Å². The summed E-state index contributed by atoms with van der Waals surface area (Å²) in [7, 11) is -3.19. The van der Waals surface area contributed by atoms with E-state index in [1.807, 2.05) is 0 Å². The minimum absolute atomic E-state index is 0. The average Bonchev–Trinajstić information content (AvgIpc) is 2.60. The van der Waals surface area contributed by atoms with Gasteiger partial charge in [0.05, 0.1) is 5.75 Å². The molecule has 15 heavy (non-hydrogen) atoms. The lowest BCUT2D eigenvalue weighted by atomic mass is 9.90. The van der Waals surface area contributed by atoms with Crippen LogP contribution in [0.2, 0.25) is 0 Å². The molecule has 2 fully saturated rings. The molecule has 1 spiro atoms.